The summed E-state index contributed by atoms with van der Waals surface area (Å²) in [7, 11) is 1.59. The average molecular weight is 459 g/mol. The maximum absolute atomic E-state index is 12.7. The van der Waals surface area contributed by atoms with Gasteiger partial charge < -0.3 is 10.1 Å². The van der Waals surface area contributed by atoms with E-state index in [9.17, 15) is 10.1 Å². The zero-order valence-electron chi connectivity index (χ0n) is 19.5. The number of nitrogens with one attached hydrogen (secondary N) is 1. The molecule has 0 unspecified atom stereocenters. The number of hydrogen-bond donors (Lipinski definition) is 1. The first-order valence-electron chi connectivity index (χ1n) is 10.6. The van der Waals surface area contributed by atoms with Crippen LogP contribution in [0.4, 0.5) is 5.69 Å². The molecule has 1 N–H and O–H groups in total. The van der Waals surface area contributed by atoms with Crippen LogP contribution in [0.2, 0.25) is 5.02 Å². The molecular weight excluding hydrogens is 432 g/mol. The van der Waals surface area contributed by atoms with Gasteiger partial charge in [-0.1, -0.05) is 58.6 Å². The Hall–Kier alpha value is -3.55. The van der Waals surface area contributed by atoms with Crippen molar-refractivity contribution < 1.29 is 9.53 Å². The summed E-state index contributed by atoms with van der Waals surface area (Å²) in [6.45, 7) is 8.03. The fourth-order valence-corrected chi connectivity index (χ4v) is 4.19. The van der Waals surface area contributed by atoms with Crippen LogP contribution in [0, 0.1) is 39.0 Å². The van der Waals surface area contributed by atoms with Crippen LogP contribution in [0.5, 0.6) is 5.75 Å². The maximum atomic E-state index is 12.7. The zero-order chi connectivity index (χ0) is 24.1. The van der Waals surface area contributed by atoms with Crippen LogP contribution in [-0.2, 0) is 11.2 Å². The van der Waals surface area contributed by atoms with Gasteiger partial charge in [-0.15, -0.1) is 0 Å². The molecule has 1 amide bonds. The number of halogens is 1. The topological polar surface area (TPSA) is 62.1 Å². The molecule has 0 atom stereocenters. The SMILES string of the molecule is COc1cc(/C=C(\C#N)C(=O)Nc2ccc(C)cc2C)cc(Cl)c1Cc1cc(C)cc(C)c1. The van der Waals surface area contributed by atoms with Crippen LogP contribution in [0.15, 0.2) is 54.1 Å². The molecule has 0 heterocycles. The molecule has 5 heteroatoms. The van der Waals surface area contributed by atoms with Crippen LogP contribution in [0.3, 0.4) is 0 Å². The average Bonchev–Trinajstić information content (AvgIpc) is 2.74. The molecule has 0 aliphatic carbocycles. The van der Waals surface area contributed by atoms with E-state index in [0.717, 1.165) is 22.3 Å². The van der Waals surface area contributed by atoms with E-state index < -0.39 is 5.91 Å². The van der Waals surface area contributed by atoms with Crippen LogP contribution in [-0.4, -0.2) is 13.0 Å². The lowest BCUT2D eigenvalue weighted by Gasteiger charge is -2.13. The molecule has 0 saturated carbocycles. The van der Waals surface area contributed by atoms with Gasteiger partial charge in [0.25, 0.3) is 5.91 Å². The summed E-state index contributed by atoms with van der Waals surface area (Å²) in [4.78, 5) is 12.7. The molecule has 0 aliphatic heterocycles. The summed E-state index contributed by atoms with van der Waals surface area (Å²) in [5.41, 5.74) is 7.68. The number of methoxy groups -OCH3 is 1. The fraction of sp³-hybridized carbons (Fsp3) is 0.214. The third-order valence-electron chi connectivity index (χ3n) is 5.37. The van der Waals surface area contributed by atoms with E-state index >= 15 is 0 Å². The van der Waals surface area contributed by atoms with Gasteiger partial charge >= 0.3 is 0 Å². The summed E-state index contributed by atoms with van der Waals surface area (Å²) in [5.74, 6) is 0.138. The highest BCUT2D eigenvalue weighted by Gasteiger charge is 2.15. The van der Waals surface area contributed by atoms with Crippen LogP contribution < -0.4 is 10.1 Å². The van der Waals surface area contributed by atoms with Crippen molar-refractivity contribution in [2.24, 2.45) is 0 Å². The molecule has 168 valence electrons. The quantitative estimate of drug-likeness (QED) is 0.329. The van der Waals surface area contributed by atoms with E-state index in [4.69, 9.17) is 16.3 Å². The smallest absolute Gasteiger partial charge is 0.266 e. The standard InChI is InChI=1S/C28H27ClN2O2/c1-17-6-7-26(20(4)9-17)31-28(32)23(16-30)12-22-14-25(29)24(27(15-22)33-5)13-21-10-18(2)8-19(3)11-21/h6-12,14-15H,13H2,1-5H3,(H,31,32)/b23-12+. The number of aryl methyl sites for hydroxylation is 4. The summed E-state index contributed by atoms with van der Waals surface area (Å²) in [6.07, 6.45) is 2.14. The molecule has 0 fully saturated rings. The second-order valence-electron chi connectivity index (χ2n) is 8.30. The lowest BCUT2D eigenvalue weighted by molar-refractivity contribution is -0.112. The number of rotatable bonds is 6. The number of anilines is 1. The molecule has 4 nitrogen and oxygen atoms in total. The van der Waals surface area contributed by atoms with E-state index in [1.165, 1.54) is 17.2 Å². The Morgan fingerprint density at radius 3 is 2.33 bits per heavy atom. The Kier molecular flexibility index (Phi) is 7.58. The minimum atomic E-state index is -0.473. The molecule has 3 rings (SSSR count). The van der Waals surface area contributed by atoms with Gasteiger partial charge in [-0.25, -0.2) is 0 Å². The van der Waals surface area contributed by atoms with E-state index in [1.807, 2.05) is 38.1 Å². The number of carbonyl (C=O) groups is 1. The minimum absolute atomic E-state index is 0.0184. The van der Waals surface area contributed by atoms with Gasteiger partial charge in [0.2, 0.25) is 0 Å². The lowest BCUT2D eigenvalue weighted by atomic mass is 9.98. The molecule has 3 aromatic carbocycles. The lowest BCUT2D eigenvalue weighted by Crippen LogP contribution is -2.14. The van der Waals surface area contributed by atoms with Crippen LogP contribution in [0.25, 0.3) is 6.08 Å². The van der Waals surface area contributed by atoms with Gasteiger partial charge in [-0.3, -0.25) is 4.79 Å². The van der Waals surface area contributed by atoms with E-state index in [1.54, 1.807) is 19.2 Å². The molecule has 0 saturated heterocycles. The monoisotopic (exact) mass is 458 g/mol. The highest BCUT2D eigenvalue weighted by Crippen LogP contribution is 2.32. The second-order valence-corrected chi connectivity index (χ2v) is 8.71. The minimum Gasteiger partial charge on any atom is -0.496 e. The van der Waals surface area contributed by atoms with E-state index in [2.05, 4.69) is 37.4 Å². The normalized spacial score (nSPS) is 11.1. The first-order valence-corrected chi connectivity index (χ1v) is 11.0. The predicted octanol–water partition coefficient (Wildman–Crippen LogP) is 6.72. The Morgan fingerprint density at radius 1 is 1.03 bits per heavy atom. The summed E-state index contributed by atoms with van der Waals surface area (Å²) in [6, 6.07) is 17.6. The van der Waals surface area contributed by atoms with Crippen molar-refractivity contribution in [1.82, 2.24) is 0 Å². The number of carbonyl (C=O) groups excluding carboxylic acids is 1. The summed E-state index contributed by atoms with van der Waals surface area (Å²) < 4.78 is 5.60. The predicted molar refractivity (Wildman–Crippen MR) is 135 cm³/mol. The Morgan fingerprint density at radius 2 is 1.73 bits per heavy atom. The Labute approximate surface area is 200 Å². The van der Waals surface area contributed by atoms with Gasteiger partial charge in [-0.2, -0.15) is 5.26 Å². The number of amides is 1. The number of ether oxygens (including phenoxy) is 1. The Bertz CT molecular complexity index is 1270. The summed E-state index contributed by atoms with van der Waals surface area (Å²) in [5, 5.41) is 12.9. The molecule has 0 radical (unpaired) electrons. The van der Waals surface area contributed by atoms with E-state index in [0.29, 0.717) is 28.4 Å². The highest BCUT2D eigenvalue weighted by atomic mass is 35.5. The summed E-state index contributed by atoms with van der Waals surface area (Å²) >= 11 is 6.62. The molecule has 3 aromatic rings. The van der Waals surface area contributed by atoms with Gasteiger partial charge in [0, 0.05) is 22.7 Å². The van der Waals surface area contributed by atoms with Crippen LogP contribution >= 0.6 is 11.6 Å². The number of hydrogen-bond acceptors (Lipinski definition) is 3. The molecule has 0 aromatic heterocycles. The largest absolute Gasteiger partial charge is 0.496 e. The third-order valence-corrected chi connectivity index (χ3v) is 5.70. The maximum Gasteiger partial charge on any atom is 0.266 e. The van der Waals surface area contributed by atoms with Crippen LogP contribution in [0.1, 0.15) is 38.9 Å². The third kappa shape index (κ3) is 6.03. The number of benzene rings is 3. The first-order chi connectivity index (χ1) is 15.7. The number of nitrogens with zero attached hydrogens (tertiary/aromatic N) is 1. The Balaban J connectivity index is 1.90. The van der Waals surface area contributed by atoms with Gasteiger partial charge in [-0.05, 0) is 68.7 Å². The van der Waals surface area contributed by atoms with E-state index in [-0.39, 0.29) is 5.57 Å². The van der Waals surface area contributed by atoms with Crippen molar-refractivity contribution in [3.05, 3.63) is 98.1 Å². The van der Waals surface area contributed by atoms with Crippen molar-refractivity contribution in [3.63, 3.8) is 0 Å². The van der Waals surface area contributed by atoms with Gasteiger partial charge in [0.1, 0.15) is 17.4 Å². The molecule has 0 spiro atoms. The molecular formula is C28H27ClN2O2. The van der Waals surface area contributed by atoms with Crippen molar-refractivity contribution in [1.29, 1.82) is 5.26 Å². The fourth-order valence-electron chi connectivity index (χ4n) is 3.90. The number of nitriles is 1. The van der Waals surface area contributed by atoms with Crippen molar-refractivity contribution in [2.45, 2.75) is 34.1 Å². The highest BCUT2D eigenvalue weighted by molar-refractivity contribution is 6.31. The van der Waals surface area contributed by atoms with Gasteiger partial charge in [0.05, 0.1) is 7.11 Å². The van der Waals surface area contributed by atoms with Gasteiger partial charge in [0.15, 0.2) is 0 Å². The molecule has 0 bridgehead atoms. The molecule has 33 heavy (non-hydrogen) atoms. The van der Waals surface area contributed by atoms with Crippen molar-refractivity contribution in [2.75, 3.05) is 12.4 Å². The second kappa shape index (κ2) is 10.4. The van der Waals surface area contributed by atoms with Crippen molar-refractivity contribution >= 4 is 29.3 Å². The zero-order valence-corrected chi connectivity index (χ0v) is 20.3. The molecule has 0 aliphatic rings. The van der Waals surface area contributed by atoms with Crippen molar-refractivity contribution in [3.8, 4) is 11.8 Å². The first kappa shape index (κ1) is 24.1.